The topological polar surface area (TPSA) is 129 Å². The fraction of sp³-hybridized carbons (Fsp3) is 0.500. The van der Waals surface area contributed by atoms with Crippen molar-refractivity contribution in [2.75, 3.05) is 36.4 Å². The minimum absolute atomic E-state index is 0. The first kappa shape index (κ1) is 24.9. The molecule has 0 unspecified atom stereocenters. The molecule has 152 valence electrons. The van der Waals surface area contributed by atoms with Crippen molar-refractivity contribution in [2.45, 2.75) is 19.9 Å². The van der Waals surface area contributed by atoms with E-state index in [0.717, 1.165) is 0 Å². The maximum absolute atomic E-state index is 11.9. The molecule has 1 aliphatic rings. The Morgan fingerprint density at radius 2 is 2.04 bits per heavy atom. The number of pyridine rings is 1. The summed E-state index contributed by atoms with van der Waals surface area (Å²) in [7, 11) is 0. The van der Waals surface area contributed by atoms with Crippen molar-refractivity contribution in [2.24, 2.45) is 11.7 Å². The van der Waals surface area contributed by atoms with Gasteiger partial charge in [0.05, 0.1) is 31.0 Å². The summed E-state index contributed by atoms with van der Waals surface area (Å²) in [5.74, 6) is -0.0975. The fourth-order valence-electron chi connectivity index (χ4n) is 2.27. The Morgan fingerprint density at radius 3 is 2.59 bits per heavy atom. The lowest BCUT2D eigenvalue weighted by molar-refractivity contribution is -0.125. The second-order valence-electron chi connectivity index (χ2n) is 6.21. The van der Waals surface area contributed by atoms with E-state index in [1.165, 1.54) is 6.20 Å². The summed E-state index contributed by atoms with van der Waals surface area (Å²) in [6.07, 6.45) is 1.52. The zero-order valence-electron chi connectivity index (χ0n) is 15.2. The molecule has 11 heteroatoms. The standard InChI is InChI=1S/C16H24N6O3.2ClH/c1-10(2)15(17)16(25)20-8-13(23)21-11-3-4-12(19-7-11)22-6-5-18-14(24)9-22;;/h3-4,7,10,15H,5-6,8-9,17H2,1-2H3,(H,18,24)(H,20,25)(H,21,23);2*1H/t15-;;/m0../s1. The molecule has 0 aromatic carbocycles. The van der Waals surface area contributed by atoms with Crippen molar-refractivity contribution in [3.8, 4) is 0 Å². The number of halogens is 2. The van der Waals surface area contributed by atoms with E-state index in [2.05, 4.69) is 20.9 Å². The van der Waals surface area contributed by atoms with Gasteiger partial charge in [-0.25, -0.2) is 4.98 Å². The van der Waals surface area contributed by atoms with Crippen LogP contribution >= 0.6 is 24.8 Å². The second-order valence-corrected chi connectivity index (χ2v) is 6.21. The molecule has 2 rings (SSSR count). The Morgan fingerprint density at radius 1 is 1.33 bits per heavy atom. The minimum Gasteiger partial charge on any atom is -0.353 e. The molecule has 0 radical (unpaired) electrons. The van der Waals surface area contributed by atoms with Crippen molar-refractivity contribution in [3.63, 3.8) is 0 Å². The number of aromatic nitrogens is 1. The van der Waals surface area contributed by atoms with Crippen LogP contribution in [0, 0.1) is 5.92 Å². The molecule has 3 amide bonds. The number of rotatable bonds is 6. The summed E-state index contributed by atoms with van der Waals surface area (Å²) in [5.41, 5.74) is 6.22. The van der Waals surface area contributed by atoms with Gasteiger partial charge in [0.25, 0.3) is 0 Å². The van der Waals surface area contributed by atoms with Gasteiger partial charge in [-0.15, -0.1) is 24.8 Å². The molecule has 1 saturated heterocycles. The van der Waals surface area contributed by atoms with Gasteiger partial charge in [0.2, 0.25) is 17.7 Å². The normalized spacial score (nSPS) is 14.4. The summed E-state index contributed by atoms with van der Waals surface area (Å²) < 4.78 is 0. The number of hydrogen-bond donors (Lipinski definition) is 4. The van der Waals surface area contributed by atoms with Crippen LogP contribution in [-0.4, -0.2) is 54.9 Å². The molecule has 1 aliphatic heterocycles. The quantitative estimate of drug-likeness (QED) is 0.508. The van der Waals surface area contributed by atoms with Crippen molar-refractivity contribution in [1.29, 1.82) is 0 Å². The first-order valence-corrected chi connectivity index (χ1v) is 8.17. The Bertz CT molecular complexity index is 642. The molecule has 5 N–H and O–H groups in total. The highest BCUT2D eigenvalue weighted by atomic mass is 35.5. The van der Waals surface area contributed by atoms with Gasteiger partial charge >= 0.3 is 0 Å². The average Bonchev–Trinajstić information content (AvgIpc) is 2.59. The van der Waals surface area contributed by atoms with Crippen LogP contribution in [0.1, 0.15) is 13.8 Å². The van der Waals surface area contributed by atoms with E-state index >= 15 is 0 Å². The van der Waals surface area contributed by atoms with Gasteiger partial charge in [0.1, 0.15) is 5.82 Å². The molecule has 9 nitrogen and oxygen atoms in total. The SMILES string of the molecule is CC(C)[C@H](N)C(=O)NCC(=O)Nc1ccc(N2CCNC(=O)C2)nc1.Cl.Cl. The van der Waals surface area contributed by atoms with Gasteiger partial charge in [0.15, 0.2) is 0 Å². The number of hydrogen-bond acceptors (Lipinski definition) is 6. The van der Waals surface area contributed by atoms with E-state index in [-0.39, 0.29) is 61.5 Å². The molecule has 0 saturated carbocycles. The van der Waals surface area contributed by atoms with Gasteiger partial charge in [-0.05, 0) is 18.1 Å². The monoisotopic (exact) mass is 420 g/mol. The van der Waals surface area contributed by atoms with Crippen LogP contribution in [0.5, 0.6) is 0 Å². The maximum atomic E-state index is 11.9. The molecule has 1 fully saturated rings. The number of nitrogens with two attached hydrogens (primary N) is 1. The van der Waals surface area contributed by atoms with Crippen molar-refractivity contribution >= 4 is 54.0 Å². The highest BCUT2D eigenvalue weighted by Gasteiger charge is 2.18. The number of nitrogens with one attached hydrogen (secondary N) is 3. The van der Waals surface area contributed by atoms with E-state index < -0.39 is 6.04 Å². The van der Waals surface area contributed by atoms with E-state index in [1.54, 1.807) is 12.1 Å². The van der Waals surface area contributed by atoms with Crippen molar-refractivity contribution < 1.29 is 14.4 Å². The lowest BCUT2D eigenvalue weighted by Gasteiger charge is -2.27. The number of carbonyl (C=O) groups is 3. The summed E-state index contributed by atoms with van der Waals surface area (Å²) in [5, 5.41) is 7.90. The van der Waals surface area contributed by atoms with Crippen LogP contribution < -0.4 is 26.6 Å². The van der Waals surface area contributed by atoms with Gasteiger partial charge in [-0.1, -0.05) is 13.8 Å². The lowest BCUT2D eigenvalue weighted by Crippen LogP contribution is -2.48. The molecular weight excluding hydrogens is 395 g/mol. The number of piperazine rings is 1. The number of anilines is 2. The third-order valence-corrected chi connectivity index (χ3v) is 3.84. The maximum Gasteiger partial charge on any atom is 0.243 e. The highest BCUT2D eigenvalue weighted by Crippen LogP contribution is 2.14. The molecule has 1 aromatic rings. The summed E-state index contributed by atoms with van der Waals surface area (Å²) in [6, 6.07) is 2.80. The van der Waals surface area contributed by atoms with E-state index in [1.807, 2.05) is 18.7 Å². The first-order chi connectivity index (χ1) is 11.9. The Kier molecular flexibility index (Phi) is 10.7. The molecule has 0 bridgehead atoms. The third-order valence-electron chi connectivity index (χ3n) is 3.84. The van der Waals surface area contributed by atoms with E-state index in [4.69, 9.17) is 5.73 Å². The summed E-state index contributed by atoms with van der Waals surface area (Å²) in [4.78, 5) is 41.1. The Labute approximate surface area is 170 Å². The predicted octanol–water partition coefficient (Wildman–Crippen LogP) is -0.101. The predicted molar refractivity (Wildman–Crippen MR) is 108 cm³/mol. The zero-order valence-corrected chi connectivity index (χ0v) is 16.9. The molecule has 1 atom stereocenters. The fourth-order valence-corrected chi connectivity index (χ4v) is 2.27. The van der Waals surface area contributed by atoms with Gasteiger partial charge in [-0.2, -0.15) is 0 Å². The number of carbonyl (C=O) groups excluding carboxylic acids is 3. The van der Waals surface area contributed by atoms with Crippen LogP contribution in [-0.2, 0) is 14.4 Å². The molecule has 1 aromatic heterocycles. The van der Waals surface area contributed by atoms with Crippen LogP contribution in [0.2, 0.25) is 0 Å². The largest absolute Gasteiger partial charge is 0.353 e. The highest BCUT2D eigenvalue weighted by molar-refractivity contribution is 5.95. The molecular formula is C16H26Cl2N6O3. The molecule has 0 spiro atoms. The summed E-state index contributed by atoms with van der Waals surface area (Å²) in [6.45, 7) is 5.05. The number of amides is 3. The zero-order chi connectivity index (χ0) is 18.4. The minimum atomic E-state index is -0.643. The van der Waals surface area contributed by atoms with Gasteiger partial charge < -0.3 is 26.6 Å². The van der Waals surface area contributed by atoms with Gasteiger partial charge in [-0.3, -0.25) is 14.4 Å². The van der Waals surface area contributed by atoms with Crippen molar-refractivity contribution in [1.82, 2.24) is 15.6 Å². The Balaban J connectivity index is 0.00000338. The van der Waals surface area contributed by atoms with Crippen LogP contribution in [0.4, 0.5) is 11.5 Å². The molecule has 27 heavy (non-hydrogen) atoms. The molecule has 0 aliphatic carbocycles. The van der Waals surface area contributed by atoms with Crippen LogP contribution in [0.25, 0.3) is 0 Å². The lowest BCUT2D eigenvalue weighted by atomic mass is 10.1. The summed E-state index contributed by atoms with van der Waals surface area (Å²) >= 11 is 0. The van der Waals surface area contributed by atoms with E-state index in [9.17, 15) is 14.4 Å². The average molecular weight is 421 g/mol. The third kappa shape index (κ3) is 7.58. The Hall–Kier alpha value is -2.10. The van der Waals surface area contributed by atoms with Crippen LogP contribution in [0.15, 0.2) is 18.3 Å². The number of nitrogens with zero attached hydrogens (tertiary/aromatic N) is 2. The van der Waals surface area contributed by atoms with Crippen molar-refractivity contribution in [3.05, 3.63) is 18.3 Å². The smallest absolute Gasteiger partial charge is 0.243 e. The second kappa shape index (κ2) is 11.6. The van der Waals surface area contributed by atoms with E-state index in [0.29, 0.717) is 24.6 Å². The first-order valence-electron chi connectivity index (χ1n) is 8.17. The molecule has 2 heterocycles. The van der Waals surface area contributed by atoms with Crippen LogP contribution in [0.3, 0.4) is 0 Å². The van der Waals surface area contributed by atoms with Gasteiger partial charge in [0, 0.05) is 13.1 Å².